The van der Waals surface area contributed by atoms with Crippen LogP contribution in [-0.2, 0) is 16.3 Å². The molecule has 0 spiro atoms. The zero-order valence-corrected chi connectivity index (χ0v) is 23.1. The zero-order chi connectivity index (χ0) is 23.9. The summed E-state index contributed by atoms with van der Waals surface area (Å²) in [7, 11) is -1.35. The first-order valence-corrected chi connectivity index (χ1v) is 15.7. The maximum atomic E-state index is 12.8. The van der Waals surface area contributed by atoms with Gasteiger partial charge in [0.1, 0.15) is 6.73 Å². The quantitative estimate of drug-likeness (QED) is 0.335. The summed E-state index contributed by atoms with van der Waals surface area (Å²) in [5.41, 5.74) is 13.2. The van der Waals surface area contributed by atoms with Gasteiger partial charge in [0.25, 0.3) is 5.91 Å². The Bertz CT molecular complexity index is 1050. The van der Waals surface area contributed by atoms with E-state index in [9.17, 15) is 4.79 Å². The van der Waals surface area contributed by atoms with Gasteiger partial charge in [-0.05, 0) is 81.6 Å². The molecule has 1 heterocycles. The lowest BCUT2D eigenvalue weighted by Gasteiger charge is -2.25. The van der Waals surface area contributed by atoms with Gasteiger partial charge in [-0.15, -0.1) is 12.4 Å². The van der Waals surface area contributed by atoms with Gasteiger partial charge in [-0.1, -0.05) is 31.8 Å². The molecule has 2 saturated carbocycles. The average Bonchev–Trinajstić information content (AvgIpc) is 3.67. The molecular weight excluding hydrogens is 464 g/mol. The van der Waals surface area contributed by atoms with Crippen molar-refractivity contribution in [1.29, 1.82) is 0 Å². The van der Waals surface area contributed by atoms with Crippen molar-refractivity contribution in [2.24, 2.45) is 17.6 Å². The topological polar surface area (TPSA) is 82.2 Å². The van der Waals surface area contributed by atoms with Crippen molar-refractivity contribution >= 4 is 32.1 Å². The Morgan fingerprint density at radius 1 is 1.15 bits per heavy atom. The lowest BCUT2D eigenvalue weighted by molar-refractivity contribution is -0.113. The Kier molecular flexibility index (Phi) is 8.00. The predicted octanol–water partition coefficient (Wildman–Crippen LogP) is 5.80. The van der Waals surface area contributed by atoms with Crippen molar-refractivity contribution in [3.63, 3.8) is 0 Å². The Morgan fingerprint density at radius 2 is 1.71 bits per heavy atom. The van der Waals surface area contributed by atoms with Crippen LogP contribution in [0, 0.1) is 25.7 Å². The van der Waals surface area contributed by atoms with E-state index in [1.54, 1.807) is 0 Å². The fourth-order valence-corrected chi connectivity index (χ4v) is 4.86. The minimum atomic E-state index is -1.35. The summed E-state index contributed by atoms with van der Waals surface area (Å²) >= 11 is 0. The van der Waals surface area contributed by atoms with Crippen LogP contribution in [0.1, 0.15) is 44.0 Å². The normalized spacial score (nSPS) is 16.5. The van der Waals surface area contributed by atoms with Crippen molar-refractivity contribution < 1.29 is 9.53 Å². The molecule has 6 nitrogen and oxygen atoms in total. The number of hydrogen-bond donors (Lipinski definition) is 2. The summed E-state index contributed by atoms with van der Waals surface area (Å²) in [6.07, 6.45) is 4.68. The van der Waals surface area contributed by atoms with E-state index in [2.05, 4.69) is 38.8 Å². The molecule has 1 aromatic carbocycles. The minimum Gasteiger partial charge on any atom is -0.394 e. The molecule has 2 aliphatic carbocycles. The number of nitrogens with two attached hydrogens (primary N) is 1. The van der Waals surface area contributed by atoms with Crippen LogP contribution >= 0.6 is 12.4 Å². The SMILES string of the molecule is Cc1nn(CO[C@H](C)[Si](C)(C)C)c(C)c1-c1ccc(NC(=O)C(N)=C(C2CC2)C2CC2)cc1.Cl. The van der Waals surface area contributed by atoms with Gasteiger partial charge in [0.2, 0.25) is 0 Å². The third-order valence-electron chi connectivity index (χ3n) is 7.07. The number of halogens is 1. The van der Waals surface area contributed by atoms with Crippen molar-refractivity contribution in [1.82, 2.24) is 9.78 Å². The van der Waals surface area contributed by atoms with Crippen molar-refractivity contribution in [2.75, 3.05) is 5.32 Å². The number of amides is 1. The molecule has 0 aliphatic heterocycles. The molecule has 2 fully saturated rings. The lowest BCUT2D eigenvalue weighted by atomic mass is 10.0. The van der Waals surface area contributed by atoms with Crippen LogP contribution in [0.2, 0.25) is 19.6 Å². The number of nitrogens with one attached hydrogen (secondary N) is 1. The van der Waals surface area contributed by atoms with Gasteiger partial charge in [-0.2, -0.15) is 5.10 Å². The van der Waals surface area contributed by atoms with Crippen molar-refractivity contribution in [3.05, 3.63) is 46.9 Å². The molecule has 0 radical (unpaired) electrons. The van der Waals surface area contributed by atoms with Crippen LogP contribution in [0.3, 0.4) is 0 Å². The summed E-state index contributed by atoms with van der Waals surface area (Å²) in [5, 5.41) is 7.70. The molecule has 3 N–H and O–H groups in total. The molecule has 4 rings (SSSR count). The second kappa shape index (κ2) is 10.3. The van der Waals surface area contributed by atoms with E-state index in [1.165, 1.54) is 31.3 Å². The van der Waals surface area contributed by atoms with Gasteiger partial charge in [-0.25, -0.2) is 4.68 Å². The van der Waals surface area contributed by atoms with Crippen LogP contribution in [0.25, 0.3) is 11.1 Å². The van der Waals surface area contributed by atoms with E-state index in [0.717, 1.165) is 28.2 Å². The number of ether oxygens (including phenoxy) is 1. The van der Waals surface area contributed by atoms with Gasteiger partial charge >= 0.3 is 0 Å². The molecule has 2 aliphatic rings. The summed E-state index contributed by atoms with van der Waals surface area (Å²) < 4.78 is 8.07. The van der Waals surface area contributed by atoms with Crippen LogP contribution < -0.4 is 11.1 Å². The summed E-state index contributed by atoms with van der Waals surface area (Å²) in [6, 6.07) is 7.94. The number of benzene rings is 1. The minimum absolute atomic E-state index is 0. The molecule has 0 bridgehead atoms. The number of carbonyl (C=O) groups excluding carboxylic acids is 1. The molecule has 0 unspecified atom stereocenters. The number of hydrogen-bond acceptors (Lipinski definition) is 4. The number of aryl methyl sites for hydroxylation is 1. The molecule has 8 heteroatoms. The molecule has 2 aromatic rings. The van der Waals surface area contributed by atoms with Crippen LogP contribution in [0.15, 0.2) is 35.5 Å². The molecular formula is C26H39ClN4O2Si. The highest BCUT2D eigenvalue weighted by Crippen LogP contribution is 2.49. The Balaban J connectivity index is 0.00000324. The third kappa shape index (κ3) is 5.93. The van der Waals surface area contributed by atoms with Crippen LogP contribution in [0.4, 0.5) is 5.69 Å². The highest BCUT2D eigenvalue weighted by Gasteiger charge is 2.39. The van der Waals surface area contributed by atoms with E-state index in [4.69, 9.17) is 15.6 Å². The second-order valence-electron chi connectivity index (χ2n) is 10.8. The Hall–Kier alpha value is -2.09. The van der Waals surface area contributed by atoms with E-state index in [1.807, 2.05) is 35.9 Å². The largest absolute Gasteiger partial charge is 0.394 e. The number of nitrogens with zero attached hydrogens (tertiary/aromatic N) is 2. The number of anilines is 1. The number of allylic oxidation sites excluding steroid dienone is 1. The van der Waals surface area contributed by atoms with Gasteiger partial charge < -0.3 is 15.8 Å². The second-order valence-corrected chi connectivity index (χ2v) is 16.3. The summed E-state index contributed by atoms with van der Waals surface area (Å²) in [4.78, 5) is 12.8. The highest BCUT2D eigenvalue weighted by atomic mass is 35.5. The Morgan fingerprint density at radius 3 is 2.21 bits per heavy atom. The average molecular weight is 503 g/mol. The standard InChI is InChI=1S/C26H38N4O2Si.ClH/c1-16-23(17(2)30(29-16)15-32-18(3)33(4,5)6)19-11-13-22(14-12-19)28-26(31)25(27)24(20-7-8-20)21-9-10-21;/h11-14,18,20-21H,7-10,15,27H2,1-6H3,(H,28,31);1H/t18-;/m0./s1. The third-order valence-corrected chi connectivity index (χ3v) is 9.68. The molecule has 0 saturated heterocycles. The smallest absolute Gasteiger partial charge is 0.271 e. The lowest BCUT2D eigenvalue weighted by Crippen LogP contribution is -2.38. The number of aromatic nitrogens is 2. The number of carbonyl (C=O) groups is 1. The van der Waals surface area contributed by atoms with E-state index >= 15 is 0 Å². The van der Waals surface area contributed by atoms with Crippen LogP contribution in [0.5, 0.6) is 0 Å². The van der Waals surface area contributed by atoms with Gasteiger partial charge in [0.15, 0.2) is 0 Å². The van der Waals surface area contributed by atoms with E-state index in [-0.39, 0.29) is 24.0 Å². The maximum absolute atomic E-state index is 12.8. The molecule has 1 aromatic heterocycles. The fraction of sp³-hybridized carbons (Fsp3) is 0.538. The Labute approximate surface area is 210 Å². The summed E-state index contributed by atoms with van der Waals surface area (Å²) in [5.74, 6) is 0.891. The highest BCUT2D eigenvalue weighted by molar-refractivity contribution is 6.77. The first kappa shape index (κ1) is 26.5. The van der Waals surface area contributed by atoms with Gasteiger partial charge in [0, 0.05) is 22.7 Å². The molecule has 34 heavy (non-hydrogen) atoms. The molecule has 186 valence electrons. The monoisotopic (exact) mass is 502 g/mol. The van der Waals surface area contributed by atoms with Crippen molar-refractivity contribution in [2.45, 2.75) is 78.6 Å². The first-order chi connectivity index (χ1) is 15.6. The molecule has 1 amide bonds. The first-order valence-electron chi connectivity index (χ1n) is 12.1. The summed E-state index contributed by atoms with van der Waals surface area (Å²) in [6.45, 7) is 13.7. The van der Waals surface area contributed by atoms with Crippen molar-refractivity contribution in [3.8, 4) is 11.1 Å². The number of rotatable bonds is 9. The van der Waals surface area contributed by atoms with Gasteiger partial charge in [-0.3, -0.25) is 4.79 Å². The predicted molar refractivity (Wildman–Crippen MR) is 144 cm³/mol. The van der Waals surface area contributed by atoms with Crippen LogP contribution in [-0.4, -0.2) is 29.5 Å². The van der Waals surface area contributed by atoms with Gasteiger partial charge in [0.05, 0.1) is 19.5 Å². The van der Waals surface area contributed by atoms with E-state index < -0.39 is 8.07 Å². The molecule has 1 atom stereocenters. The fourth-order valence-electron chi connectivity index (χ4n) is 4.28. The van der Waals surface area contributed by atoms with E-state index in [0.29, 0.717) is 24.3 Å². The zero-order valence-electron chi connectivity index (χ0n) is 21.3. The maximum Gasteiger partial charge on any atom is 0.271 e.